The molecule has 10 heteroatoms. The fraction of sp³-hybridized carbons (Fsp3) is 0.500. The summed E-state index contributed by atoms with van der Waals surface area (Å²) in [4.78, 5) is 25.7. The first-order valence-corrected chi connectivity index (χ1v) is 11.4. The molecule has 30 heavy (non-hydrogen) atoms. The number of nitrogens with zero attached hydrogens (tertiary/aromatic N) is 2. The van der Waals surface area contributed by atoms with Crippen LogP contribution in [0.2, 0.25) is 0 Å². The first kappa shape index (κ1) is 23.8. The summed E-state index contributed by atoms with van der Waals surface area (Å²) in [6, 6.07) is 5.84. The molecule has 1 saturated heterocycles. The Hall–Kier alpha value is -2.45. The lowest BCUT2D eigenvalue weighted by Crippen LogP contribution is -2.56. The van der Waals surface area contributed by atoms with Crippen molar-refractivity contribution in [1.29, 1.82) is 0 Å². The van der Waals surface area contributed by atoms with Crippen LogP contribution in [0.1, 0.15) is 17.3 Å². The molecule has 1 atom stereocenters. The minimum absolute atomic E-state index is 0.00536. The van der Waals surface area contributed by atoms with Gasteiger partial charge in [0.1, 0.15) is 18.4 Å². The van der Waals surface area contributed by atoms with Crippen molar-refractivity contribution in [3.8, 4) is 17.6 Å². The topological polar surface area (TPSA) is 116 Å². The van der Waals surface area contributed by atoms with Gasteiger partial charge in [0.15, 0.2) is 5.78 Å². The number of aliphatic carboxylic acids is 1. The van der Waals surface area contributed by atoms with Crippen molar-refractivity contribution in [2.75, 3.05) is 52.1 Å². The Balaban J connectivity index is 1.83. The van der Waals surface area contributed by atoms with Gasteiger partial charge >= 0.3 is 5.97 Å². The van der Waals surface area contributed by atoms with Crippen LogP contribution in [-0.2, 0) is 14.8 Å². The van der Waals surface area contributed by atoms with Crippen molar-refractivity contribution in [3.05, 3.63) is 29.8 Å². The molecule has 1 aromatic carbocycles. The molecule has 0 bridgehead atoms. The molecule has 0 radical (unpaired) electrons. The number of Topliss-reactive ketones (excluding diaryl/α,β-unsaturated/α-hetero) is 1. The summed E-state index contributed by atoms with van der Waals surface area (Å²) in [6.45, 7) is 3.22. The van der Waals surface area contributed by atoms with E-state index in [1.54, 1.807) is 36.1 Å². The molecule has 0 spiro atoms. The molecular weight excluding hydrogens is 410 g/mol. The van der Waals surface area contributed by atoms with Crippen molar-refractivity contribution < 1.29 is 27.9 Å². The highest BCUT2D eigenvalue weighted by atomic mass is 32.2. The zero-order valence-corrected chi connectivity index (χ0v) is 17.9. The fourth-order valence-electron chi connectivity index (χ4n) is 3.07. The number of ether oxygens (including phenoxy) is 1. The maximum Gasteiger partial charge on any atom is 0.322 e. The molecule has 1 heterocycles. The quantitative estimate of drug-likeness (QED) is 0.385. The van der Waals surface area contributed by atoms with Gasteiger partial charge in [0.2, 0.25) is 10.0 Å². The molecule has 1 aliphatic rings. The van der Waals surface area contributed by atoms with Gasteiger partial charge in [-0.05, 0) is 31.2 Å². The Bertz CT molecular complexity index is 897. The van der Waals surface area contributed by atoms with Crippen molar-refractivity contribution in [2.45, 2.75) is 13.0 Å². The third-order valence-electron chi connectivity index (χ3n) is 4.76. The lowest BCUT2D eigenvalue weighted by Gasteiger charge is -2.36. The molecule has 0 amide bonds. The Morgan fingerprint density at radius 1 is 1.20 bits per heavy atom. The maximum atomic E-state index is 12.3. The molecule has 0 aliphatic carbocycles. The van der Waals surface area contributed by atoms with Crippen LogP contribution in [-0.4, -0.2) is 92.7 Å². The number of sulfonamides is 1. The lowest BCUT2D eigenvalue weighted by molar-refractivity contribution is -0.143. The highest BCUT2D eigenvalue weighted by molar-refractivity contribution is 7.88. The van der Waals surface area contributed by atoms with E-state index >= 15 is 0 Å². The number of ketones is 1. The number of hydrogen-bond acceptors (Lipinski definition) is 7. The minimum atomic E-state index is -3.28. The van der Waals surface area contributed by atoms with Crippen LogP contribution < -0.4 is 10.1 Å². The van der Waals surface area contributed by atoms with Crippen LogP contribution in [0.4, 0.5) is 0 Å². The lowest BCUT2D eigenvalue weighted by atomic mass is 10.1. The summed E-state index contributed by atoms with van der Waals surface area (Å²) in [5, 5.41) is 12.4. The summed E-state index contributed by atoms with van der Waals surface area (Å²) >= 11 is 0. The van der Waals surface area contributed by atoms with E-state index in [1.165, 1.54) is 4.31 Å². The molecule has 0 aromatic heterocycles. The third kappa shape index (κ3) is 7.11. The second-order valence-corrected chi connectivity index (χ2v) is 8.83. The van der Waals surface area contributed by atoms with Gasteiger partial charge < -0.3 is 15.2 Å². The van der Waals surface area contributed by atoms with E-state index in [9.17, 15) is 23.1 Å². The van der Waals surface area contributed by atoms with E-state index in [0.717, 1.165) is 6.26 Å². The molecule has 164 valence electrons. The number of carbonyl (C=O) groups excluding carboxylic acids is 1. The number of hydrogen-bond donors (Lipinski definition) is 2. The number of benzene rings is 1. The number of carboxylic acid groups (broad SMARTS) is 1. The maximum absolute atomic E-state index is 12.3. The minimum Gasteiger partial charge on any atom is -0.481 e. The molecule has 1 aliphatic heterocycles. The molecule has 1 fully saturated rings. The van der Waals surface area contributed by atoms with Crippen molar-refractivity contribution in [1.82, 2.24) is 14.5 Å². The van der Waals surface area contributed by atoms with Gasteiger partial charge in [-0.15, -0.1) is 5.92 Å². The van der Waals surface area contributed by atoms with Gasteiger partial charge in [0.25, 0.3) is 0 Å². The van der Waals surface area contributed by atoms with Crippen molar-refractivity contribution in [3.63, 3.8) is 0 Å². The predicted octanol–water partition coefficient (Wildman–Crippen LogP) is -0.109. The standard InChI is InChI=1S/C20H27N3O6S/c1-3-4-13-29-17-7-5-16(6-8-17)19(24)15-21-14-18(20(25)26)22-9-11-23(12-10-22)30(2,27)28/h5-8,18,21H,9-15H2,1-2H3,(H,25,26). The van der Waals surface area contributed by atoms with E-state index in [2.05, 4.69) is 17.2 Å². The summed E-state index contributed by atoms with van der Waals surface area (Å²) in [5.74, 6) is 4.95. The largest absolute Gasteiger partial charge is 0.481 e. The predicted molar refractivity (Wildman–Crippen MR) is 112 cm³/mol. The van der Waals surface area contributed by atoms with E-state index < -0.39 is 22.0 Å². The Morgan fingerprint density at radius 2 is 1.83 bits per heavy atom. The van der Waals surface area contributed by atoms with Crippen LogP contribution in [0.25, 0.3) is 0 Å². The molecule has 2 rings (SSSR count). The molecule has 1 aromatic rings. The molecule has 9 nitrogen and oxygen atoms in total. The molecular formula is C20H27N3O6S. The third-order valence-corrected chi connectivity index (χ3v) is 6.06. The van der Waals surface area contributed by atoms with Crippen LogP contribution in [0, 0.1) is 11.8 Å². The first-order chi connectivity index (χ1) is 14.2. The number of carboxylic acids is 1. The van der Waals surface area contributed by atoms with Crippen LogP contribution in [0.15, 0.2) is 24.3 Å². The van der Waals surface area contributed by atoms with Crippen molar-refractivity contribution >= 4 is 21.8 Å². The van der Waals surface area contributed by atoms with Crippen LogP contribution in [0.5, 0.6) is 5.75 Å². The monoisotopic (exact) mass is 437 g/mol. The summed E-state index contributed by atoms with van der Waals surface area (Å²) in [5.41, 5.74) is 0.491. The molecule has 0 saturated carbocycles. The number of nitrogens with one attached hydrogen (secondary N) is 1. The SMILES string of the molecule is CC#CCOc1ccc(C(=O)CNCC(C(=O)O)N2CCN(S(C)(=O)=O)CC2)cc1. The molecule has 1 unspecified atom stereocenters. The zero-order valence-electron chi connectivity index (χ0n) is 17.1. The summed E-state index contributed by atoms with van der Waals surface area (Å²) in [6.07, 6.45) is 1.14. The van der Waals surface area contributed by atoms with Crippen LogP contribution in [0.3, 0.4) is 0 Å². The van der Waals surface area contributed by atoms with Crippen molar-refractivity contribution in [2.24, 2.45) is 0 Å². The number of rotatable bonds is 10. The van der Waals surface area contributed by atoms with Gasteiger partial charge in [0, 0.05) is 38.3 Å². The van der Waals surface area contributed by atoms with Gasteiger partial charge in [-0.1, -0.05) is 5.92 Å². The van der Waals surface area contributed by atoms with Gasteiger partial charge in [0.05, 0.1) is 12.8 Å². The van der Waals surface area contributed by atoms with E-state index in [-0.39, 0.29) is 38.6 Å². The number of carbonyl (C=O) groups is 2. The van der Waals surface area contributed by atoms with Gasteiger partial charge in [-0.2, -0.15) is 4.31 Å². The fourth-order valence-corrected chi connectivity index (χ4v) is 3.90. The average Bonchev–Trinajstić information content (AvgIpc) is 2.71. The Labute approximate surface area is 177 Å². The van der Waals surface area contributed by atoms with Gasteiger partial charge in [-0.25, -0.2) is 8.42 Å². The normalized spacial score (nSPS) is 16.3. The second kappa shape index (κ2) is 11.1. The summed E-state index contributed by atoms with van der Waals surface area (Å²) in [7, 11) is -3.28. The molecule has 2 N–H and O–H groups in total. The number of piperazine rings is 1. The van der Waals surface area contributed by atoms with Crippen LogP contribution >= 0.6 is 0 Å². The average molecular weight is 438 g/mol. The smallest absolute Gasteiger partial charge is 0.322 e. The Morgan fingerprint density at radius 3 is 2.37 bits per heavy atom. The zero-order chi connectivity index (χ0) is 22.1. The second-order valence-electron chi connectivity index (χ2n) is 6.85. The van der Waals surface area contributed by atoms with E-state index in [0.29, 0.717) is 24.4 Å². The van der Waals surface area contributed by atoms with E-state index in [4.69, 9.17) is 4.74 Å². The Kier molecular flexibility index (Phi) is 8.80. The first-order valence-electron chi connectivity index (χ1n) is 9.50. The summed E-state index contributed by atoms with van der Waals surface area (Å²) < 4.78 is 29.9. The highest BCUT2D eigenvalue weighted by Crippen LogP contribution is 2.13. The van der Waals surface area contributed by atoms with Gasteiger partial charge in [-0.3, -0.25) is 14.5 Å². The van der Waals surface area contributed by atoms with E-state index in [1.807, 2.05) is 0 Å². The highest BCUT2D eigenvalue weighted by Gasteiger charge is 2.31.